The Morgan fingerprint density at radius 3 is 2.90 bits per heavy atom. The first-order valence-corrected chi connectivity index (χ1v) is 10.4. The summed E-state index contributed by atoms with van der Waals surface area (Å²) in [5, 5.41) is 16.7. The van der Waals surface area contributed by atoms with Crippen LogP contribution >= 0.6 is 0 Å². The summed E-state index contributed by atoms with van der Waals surface area (Å²) in [4.78, 5) is 16.2. The number of fused-ring (bicyclic) bond motifs is 1. The van der Waals surface area contributed by atoms with Gasteiger partial charge in [-0.2, -0.15) is 10.2 Å². The average molecular weight is 416 g/mol. The van der Waals surface area contributed by atoms with Crippen LogP contribution in [0.5, 0.6) is 5.75 Å². The van der Waals surface area contributed by atoms with Gasteiger partial charge in [-0.15, -0.1) is 0 Å². The molecule has 0 saturated carbocycles. The standard InChI is InChI=1S/C24H24N4O3/c1-14(2)30-22-11-10-16(12-17(22)13-25)24-27-23(28-31-24)20-8-4-7-19-18(20)6-5-9-21(19)26-15(3)29/h4,7-8,10-12,14,21H,5-6,9H2,1-3H3,(H,26,29). The van der Waals surface area contributed by atoms with Crippen molar-refractivity contribution in [3.8, 4) is 34.7 Å². The van der Waals surface area contributed by atoms with Crippen molar-refractivity contribution in [1.82, 2.24) is 15.5 Å². The number of nitriles is 1. The maximum absolute atomic E-state index is 11.6. The first-order chi connectivity index (χ1) is 15.0. The quantitative estimate of drug-likeness (QED) is 0.653. The summed E-state index contributed by atoms with van der Waals surface area (Å²) in [6.45, 7) is 5.36. The minimum atomic E-state index is -0.0386. The van der Waals surface area contributed by atoms with Gasteiger partial charge < -0.3 is 14.6 Å². The number of ether oxygens (including phenoxy) is 1. The highest BCUT2D eigenvalue weighted by Gasteiger charge is 2.25. The lowest BCUT2D eigenvalue weighted by Crippen LogP contribution is -2.29. The monoisotopic (exact) mass is 416 g/mol. The van der Waals surface area contributed by atoms with E-state index < -0.39 is 0 Å². The van der Waals surface area contributed by atoms with Crippen molar-refractivity contribution in [2.75, 3.05) is 0 Å². The van der Waals surface area contributed by atoms with Crippen molar-refractivity contribution in [3.05, 3.63) is 53.1 Å². The highest BCUT2D eigenvalue weighted by atomic mass is 16.5. The third-order valence-electron chi connectivity index (χ3n) is 5.26. The zero-order chi connectivity index (χ0) is 22.0. The Labute approximate surface area is 181 Å². The van der Waals surface area contributed by atoms with Crippen molar-refractivity contribution in [2.24, 2.45) is 0 Å². The first kappa shape index (κ1) is 20.6. The van der Waals surface area contributed by atoms with Crippen LogP contribution < -0.4 is 10.1 Å². The van der Waals surface area contributed by atoms with Crippen LogP contribution in [0.2, 0.25) is 0 Å². The molecule has 4 rings (SSSR count). The molecule has 0 radical (unpaired) electrons. The maximum atomic E-state index is 11.6. The summed E-state index contributed by atoms with van der Waals surface area (Å²) in [5.74, 6) is 1.33. The number of hydrogen-bond acceptors (Lipinski definition) is 6. The number of rotatable bonds is 5. The Hall–Kier alpha value is -3.66. The fourth-order valence-electron chi connectivity index (χ4n) is 4.01. The molecule has 1 aromatic heterocycles. The number of nitrogens with one attached hydrogen (secondary N) is 1. The van der Waals surface area contributed by atoms with Gasteiger partial charge in [-0.25, -0.2) is 0 Å². The molecule has 0 aliphatic heterocycles. The van der Waals surface area contributed by atoms with Gasteiger partial charge >= 0.3 is 0 Å². The molecule has 1 atom stereocenters. The molecule has 1 unspecified atom stereocenters. The van der Waals surface area contributed by atoms with Crippen molar-refractivity contribution < 1.29 is 14.1 Å². The van der Waals surface area contributed by atoms with Gasteiger partial charge in [0.05, 0.1) is 17.7 Å². The molecule has 7 nitrogen and oxygen atoms in total. The van der Waals surface area contributed by atoms with E-state index in [2.05, 4.69) is 21.5 Å². The number of benzene rings is 2. The Morgan fingerprint density at radius 2 is 2.16 bits per heavy atom. The van der Waals surface area contributed by atoms with Crippen molar-refractivity contribution in [1.29, 1.82) is 5.26 Å². The van der Waals surface area contributed by atoms with Crippen molar-refractivity contribution in [2.45, 2.75) is 52.2 Å². The van der Waals surface area contributed by atoms with E-state index in [1.165, 1.54) is 6.92 Å². The molecule has 0 saturated heterocycles. The van der Waals surface area contributed by atoms with Gasteiger partial charge in [-0.05, 0) is 62.4 Å². The lowest BCUT2D eigenvalue weighted by Gasteiger charge is -2.27. The number of carbonyl (C=O) groups excluding carboxylic acids is 1. The van der Waals surface area contributed by atoms with Gasteiger partial charge in [0.15, 0.2) is 0 Å². The lowest BCUT2D eigenvalue weighted by molar-refractivity contribution is -0.119. The molecule has 0 fully saturated rings. The van der Waals surface area contributed by atoms with Crippen LogP contribution in [0.1, 0.15) is 56.3 Å². The second kappa shape index (κ2) is 8.60. The van der Waals surface area contributed by atoms with E-state index in [0.29, 0.717) is 28.6 Å². The van der Waals surface area contributed by atoms with E-state index in [1.807, 2.05) is 38.1 Å². The summed E-state index contributed by atoms with van der Waals surface area (Å²) < 4.78 is 11.2. The van der Waals surface area contributed by atoms with E-state index in [-0.39, 0.29) is 18.1 Å². The van der Waals surface area contributed by atoms with Crippen LogP contribution in [0.15, 0.2) is 40.9 Å². The van der Waals surface area contributed by atoms with Crippen LogP contribution in [0, 0.1) is 11.3 Å². The molecule has 1 N–H and O–H groups in total. The molecule has 7 heteroatoms. The smallest absolute Gasteiger partial charge is 0.258 e. The lowest BCUT2D eigenvalue weighted by atomic mass is 9.84. The number of carbonyl (C=O) groups is 1. The Balaban J connectivity index is 1.68. The number of aromatic nitrogens is 2. The third-order valence-corrected chi connectivity index (χ3v) is 5.26. The summed E-state index contributed by atoms with van der Waals surface area (Å²) in [5.41, 5.74) is 4.22. The Bertz CT molecular complexity index is 1160. The van der Waals surface area contributed by atoms with Crippen LogP contribution in [0.25, 0.3) is 22.8 Å². The second-order valence-corrected chi connectivity index (χ2v) is 7.93. The first-order valence-electron chi connectivity index (χ1n) is 10.4. The van der Waals surface area contributed by atoms with Crippen LogP contribution in [-0.4, -0.2) is 22.2 Å². The van der Waals surface area contributed by atoms with Gasteiger partial charge in [0.1, 0.15) is 11.8 Å². The Kier molecular flexibility index (Phi) is 5.72. The van der Waals surface area contributed by atoms with Crippen LogP contribution in [-0.2, 0) is 11.2 Å². The minimum absolute atomic E-state index is 0.000685. The molecule has 3 aromatic rings. The van der Waals surface area contributed by atoms with Crippen LogP contribution in [0.4, 0.5) is 0 Å². The fourth-order valence-corrected chi connectivity index (χ4v) is 4.01. The van der Waals surface area contributed by atoms with Gasteiger partial charge in [0, 0.05) is 18.1 Å². The minimum Gasteiger partial charge on any atom is -0.490 e. The van der Waals surface area contributed by atoms with E-state index in [0.717, 1.165) is 36.0 Å². The summed E-state index contributed by atoms with van der Waals surface area (Å²) in [7, 11) is 0. The molecular weight excluding hydrogens is 392 g/mol. The summed E-state index contributed by atoms with van der Waals surface area (Å²) >= 11 is 0. The average Bonchev–Trinajstić information content (AvgIpc) is 3.23. The predicted molar refractivity (Wildman–Crippen MR) is 115 cm³/mol. The third kappa shape index (κ3) is 4.29. The SMILES string of the molecule is CC(=O)NC1CCCc2c(-c3noc(-c4ccc(OC(C)C)c(C#N)c4)n3)cccc21. The van der Waals surface area contributed by atoms with Gasteiger partial charge in [-0.3, -0.25) is 4.79 Å². The van der Waals surface area contributed by atoms with Gasteiger partial charge in [0.2, 0.25) is 11.7 Å². The predicted octanol–water partition coefficient (Wildman–Crippen LogP) is 4.58. The van der Waals surface area contributed by atoms with Gasteiger partial charge in [-0.1, -0.05) is 23.4 Å². The molecular formula is C24H24N4O3. The molecule has 1 amide bonds. The molecule has 2 aromatic carbocycles. The molecule has 0 spiro atoms. The normalized spacial score (nSPS) is 15.3. The summed E-state index contributed by atoms with van der Waals surface area (Å²) in [6, 6.07) is 13.4. The Morgan fingerprint density at radius 1 is 1.32 bits per heavy atom. The van der Waals surface area contributed by atoms with Crippen molar-refractivity contribution >= 4 is 5.91 Å². The molecule has 1 heterocycles. The molecule has 1 aliphatic carbocycles. The van der Waals surface area contributed by atoms with E-state index in [4.69, 9.17) is 9.26 Å². The largest absolute Gasteiger partial charge is 0.490 e. The number of nitrogens with zero attached hydrogens (tertiary/aromatic N) is 3. The van der Waals surface area contributed by atoms with Gasteiger partial charge in [0.25, 0.3) is 5.89 Å². The van der Waals surface area contributed by atoms with E-state index in [9.17, 15) is 10.1 Å². The molecule has 31 heavy (non-hydrogen) atoms. The number of hydrogen-bond donors (Lipinski definition) is 1. The summed E-state index contributed by atoms with van der Waals surface area (Å²) in [6.07, 6.45) is 2.75. The van der Waals surface area contributed by atoms with E-state index >= 15 is 0 Å². The maximum Gasteiger partial charge on any atom is 0.258 e. The topological polar surface area (TPSA) is 101 Å². The molecule has 0 bridgehead atoms. The zero-order valence-electron chi connectivity index (χ0n) is 17.8. The highest BCUT2D eigenvalue weighted by Crippen LogP contribution is 2.36. The highest BCUT2D eigenvalue weighted by molar-refractivity contribution is 5.74. The molecule has 158 valence electrons. The fraction of sp³-hybridized carbons (Fsp3) is 0.333. The van der Waals surface area contributed by atoms with E-state index in [1.54, 1.807) is 12.1 Å². The number of amides is 1. The zero-order valence-corrected chi connectivity index (χ0v) is 17.8. The molecule has 1 aliphatic rings. The van der Waals surface area contributed by atoms with Crippen LogP contribution in [0.3, 0.4) is 0 Å². The second-order valence-electron chi connectivity index (χ2n) is 7.93. The van der Waals surface area contributed by atoms with Crippen molar-refractivity contribution in [3.63, 3.8) is 0 Å².